The highest BCUT2D eigenvalue weighted by Gasteiger charge is 2.33. The topological polar surface area (TPSA) is 55.8 Å². The van der Waals surface area contributed by atoms with E-state index in [1.165, 1.54) is 25.3 Å². The number of rotatable bonds is 10. The number of allylic oxidation sites excluding steroid dienone is 1. The molecule has 1 atom stereocenters. The summed E-state index contributed by atoms with van der Waals surface area (Å²) < 4.78 is 10.3. The van der Waals surface area contributed by atoms with Crippen molar-refractivity contribution in [2.75, 3.05) is 33.7 Å². The molecule has 7 heteroatoms. The number of hydrogen-bond donors (Lipinski definition) is 0. The number of methoxy groups -OCH3 is 2. The molecule has 0 aromatic carbocycles. The van der Waals surface area contributed by atoms with Gasteiger partial charge in [-0.15, -0.1) is 11.8 Å². The van der Waals surface area contributed by atoms with Gasteiger partial charge in [-0.25, -0.2) is 0 Å². The van der Waals surface area contributed by atoms with Crippen molar-refractivity contribution < 1.29 is 19.1 Å². The molecule has 0 bridgehead atoms. The Hall–Kier alpha value is -0.630. The van der Waals surface area contributed by atoms with Crippen LogP contribution in [0.15, 0.2) is 21.7 Å². The van der Waals surface area contributed by atoms with Gasteiger partial charge in [-0.1, -0.05) is 35.2 Å². The highest BCUT2D eigenvalue weighted by molar-refractivity contribution is 9.11. The molecule has 1 aliphatic rings. The molecule has 0 aromatic heterocycles. The van der Waals surface area contributed by atoms with Crippen molar-refractivity contribution in [3.05, 3.63) is 21.7 Å². The molecule has 1 fully saturated rings. The molecule has 1 aliphatic carbocycles. The normalized spacial score (nSPS) is 17.9. The van der Waals surface area contributed by atoms with Gasteiger partial charge in [0.2, 0.25) is 5.91 Å². The summed E-state index contributed by atoms with van der Waals surface area (Å²) in [5, 5.41) is 0.655. The second kappa shape index (κ2) is 12.7. The summed E-state index contributed by atoms with van der Waals surface area (Å²) in [6.07, 6.45) is 8.74. The van der Waals surface area contributed by atoms with Crippen molar-refractivity contribution in [2.45, 2.75) is 45.1 Å². The monoisotopic (exact) mass is 447 g/mol. The van der Waals surface area contributed by atoms with Gasteiger partial charge in [-0.3, -0.25) is 9.59 Å². The Balaban J connectivity index is 3.35. The summed E-state index contributed by atoms with van der Waals surface area (Å²) in [7, 11) is 3.11. The van der Waals surface area contributed by atoms with Crippen LogP contribution in [0.5, 0.6) is 0 Å². The molecule has 0 N–H and O–H groups in total. The fourth-order valence-corrected chi connectivity index (χ4v) is 4.41. The Morgan fingerprint density at radius 1 is 1.23 bits per heavy atom. The molecule has 0 spiro atoms. The molecule has 1 saturated carbocycles. The summed E-state index contributed by atoms with van der Waals surface area (Å²) in [5.74, 6) is -0.0557. The van der Waals surface area contributed by atoms with Crippen LogP contribution in [0.1, 0.15) is 39.0 Å². The Labute approximate surface area is 169 Å². The number of nitrogens with zero attached hydrogens (tertiary/aromatic N) is 1. The Morgan fingerprint density at radius 2 is 1.88 bits per heavy atom. The van der Waals surface area contributed by atoms with Gasteiger partial charge in [0.15, 0.2) is 5.78 Å². The first-order valence-corrected chi connectivity index (χ1v) is 11.0. The van der Waals surface area contributed by atoms with Crippen LogP contribution in [0.4, 0.5) is 0 Å². The van der Waals surface area contributed by atoms with Crippen molar-refractivity contribution in [3.8, 4) is 0 Å². The molecule has 148 valence electrons. The van der Waals surface area contributed by atoms with Gasteiger partial charge in [-0.05, 0) is 37.1 Å². The third-order valence-electron chi connectivity index (χ3n) is 4.49. The van der Waals surface area contributed by atoms with Crippen molar-refractivity contribution >= 4 is 39.4 Å². The number of thioether (sulfide) groups is 1. The Kier molecular flexibility index (Phi) is 11.4. The van der Waals surface area contributed by atoms with Crippen LogP contribution in [-0.2, 0) is 19.1 Å². The molecular formula is C19H30BrNO4S. The third-order valence-corrected chi connectivity index (χ3v) is 5.56. The van der Waals surface area contributed by atoms with E-state index in [-0.39, 0.29) is 30.3 Å². The Morgan fingerprint density at radius 3 is 2.38 bits per heavy atom. The van der Waals surface area contributed by atoms with E-state index >= 15 is 0 Å². The largest absolute Gasteiger partial charge is 0.383 e. The summed E-state index contributed by atoms with van der Waals surface area (Å²) in [4.78, 5) is 29.3. The van der Waals surface area contributed by atoms with E-state index in [4.69, 9.17) is 9.47 Å². The lowest BCUT2D eigenvalue weighted by atomic mass is 9.88. The van der Waals surface area contributed by atoms with Crippen LogP contribution in [0.25, 0.3) is 0 Å². The average Bonchev–Trinajstić information content (AvgIpc) is 2.65. The highest BCUT2D eigenvalue weighted by Crippen LogP contribution is 2.32. The zero-order chi connectivity index (χ0) is 19.5. The number of ether oxygens (including phenoxy) is 2. The molecule has 0 heterocycles. The van der Waals surface area contributed by atoms with Gasteiger partial charge >= 0.3 is 0 Å². The molecular weight excluding hydrogens is 418 g/mol. The van der Waals surface area contributed by atoms with Gasteiger partial charge in [0.25, 0.3) is 0 Å². The van der Waals surface area contributed by atoms with Crippen LogP contribution < -0.4 is 0 Å². The molecule has 0 radical (unpaired) electrons. The number of ketones is 1. The van der Waals surface area contributed by atoms with E-state index in [1.807, 2.05) is 13.2 Å². The quantitative estimate of drug-likeness (QED) is 0.372. The highest BCUT2D eigenvalue weighted by atomic mass is 79.9. The van der Waals surface area contributed by atoms with Crippen LogP contribution in [0.2, 0.25) is 0 Å². The lowest BCUT2D eigenvalue weighted by Crippen LogP contribution is -2.44. The smallest absolute Gasteiger partial charge is 0.230 e. The lowest BCUT2D eigenvalue weighted by Gasteiger charge is -2.35. The molecule has 26 heavy (non-hydrogen) atoms. The molecule has 1 unspecified atom stereocenters. The summed E-state index contributed by atoms with van der Waals surface area (Å²) in [5.41, 5.74) is 0.475. The third kappa shape index (κ3) is 6.51. The molecule has 0 saturated heterocycles. The van der Waals surface area contributed by atoms with E-state index in [0.29, 0.717) is 17.2 Å². The summed E-state index contributed by atoms with van der Waals surface area (Å²) in [6, 6.07) is -0.161. The van der Waals surface area contributed by atoms with Crippen molar-refractivity contribution in [3.63, 3.8) is 0 Å². The second-order valence-corrected chi connectivity index (χ2v) is 7.74. The van der Waals surface area contributed by atoms with Gasteiger partial charge in [-0.2, -0.15) is 0 Å². The minimum absolute atomic E-state index is 0.0110. The predicted octanol–water partition coefficient (Wildman–Crippen LogP) is 4.13. The maximum atomic E-state index is 13.3. The first-order valence-electron chi connectivity index (χ1n) is 8.90. The molecule has 5 nitrogen and oxygen atoms in total. The summed E-state index contributed by atoms with van der Waals surface area (Å²) in [6.45, 7) is 2.34. The van der Waals surface area contributed by atoms with E-state index in [1.54, 1.807) is 23.1 Å². The number of halogens is 1. The number of Topliss-reactive ketones (excluding diaryl/α,β-unsaturated/α-hetero) is 1. The summed E-state index contributed by atoms with van der Waals surface area (Å²) >= 11 is 4.66. The maximum absolute atomic E-state index is 13.3. The SMILES string of the molecule is COCC(=O)C(/C=C/Br)=C(/SC)N(C(=O)C1CCCCC1)C(C)COC. The minimum atomic E-state index is -0.161. The predicted molar refractivity (Wildman–Crippen MR) is 110 cm³/mol. The van der Waals surface area contributed by atoms with Gasteiger partial charge in [0.05, 0.1) is 23.3 Å². The average molecular weight is 448 g/mol. The van der Waals surface area contributed by atoms with E-state index in [9.17, 15) is 9.59 Å². The van der Waals surface area contributed by atoms with E-state index < -0.39 is 0 Å². The van der Waals surface area contributed by atoms with Gasteiger partial charge in [0, 0.05) is 20.1 Å². The fourth-order valence-electron chi connectivity index (χ4n) is 3.27. The van der Waals surface area contributed by atoms with Crippen LogP contribution in [-0.4, -0.2) is 56.3 Å². The number of amides is 1. The van der Waals surface area contributed by atoms with Crippen LogP contribution >= 0.6 is 27.7 Å². The first-order chi connectivity index (χ1) is 12.5. The first kappa shape index (κ1) is 23.4. The Bertz CT molecular complexity index is 530. The zero-order valence-electron chi connectivity index (χ0n) is 16.1. The van der Waals surface area contributed by atoms with Gasteiger partial charge in [0.1, 0.15) is 6.61 Å². The van der Waals surface area contributed by atoms with Crippen molar-refractivity contribution in [2.24, 2.45) is 5.92 Å². The molecule has 1 rings (SSSR count). The maximum Gasteiger partial charge on any atom is 0.230 e. The lowest BCUT2D eigenvalue weighted by molar-refractivity contribution is -0.136. The van der Waals surface area contributed by atoms with E-state index in [2.05, 4.69) is 15.9 Å². The van der Waals surface area contributed by atoms with Crippen molar-refractivity contribution in [1.82, 2.24) is 4.90 Å². The minimum Gasteiger partial charge on any atom is -0.383 e. The number of carbonyl (C=O) groups is 2. The zero-order valence-corrected chi connectivity index (χ0v) is 18.5. The van der Waals surface area contributed by atoms with E-state index in [0.717, 1.165) is 25.7 Å². The number of hydrogen-bond acceptors (Lipinski definition) is 5. The molecule has 0 aromatic rings. The fraction of sp³-hybridized carbons (Fsp3) is 0.684. The molecule has 0 aliphatic heterocycles. The molecule has 1 amide bonds. The standard InChI is InChI=1S/C19H30BrNO4S/c1-14(12-24-2)21(18(23)15-8-6-5-7-9-15)19(26-4)16(10-11-20)17(22)13-25-3/h10-11,14-15H,5-9,12-13H2,1-4H3/b11-10+,19-16+. The second-order valence-electron chi connectivity index (χ2n) is 6.42. The van der Waals surface area contributed by atoms with Crippen molar-refractivity contribution in [1.29, 1.82) is 0 Å². The van der Waals surface area contributed by atoms with Gasteiger partial charge < -0.3 is 14.4 Å². The number of carbonyl (C=O) groups excluding carboxylic acids is 2. The van der Waals surface area contributed by atoms with Crippen LogP contribution in [0, 0.1) is 5.92 Å². The van der Waals surface area contributed by atoms with Crippen LogP contribution in [0.3, 0.4) is 0 Å².